The normalized spacial score (nSPS) is 8.21. The lowest BCUT2D eigenvalue weighted by Crippen LogP contribution is -2.12. The Morgan fingerprint density at radius 1 is 0.895 bits per heavy atom. The van der Waals surface area contributed by atoms with Crippen LogP contribution in [0.3, 0.4) is 0 Å². The van der Waals surface area contributed by atoms with Crippen LogP contribution in [0.15, 0.2) is 38.0 Å². The number of rotatable bonds is 8. The van der Waals surface area contributed by atoms with Crippen molar-refractivity contribution >= 4 is 17.9 Å². The van der Waals surface area contributed by atoms with E-state index in [1.165, 1.54) is 12.2 Å². The second-order valence-electron chi connectivity index (χ2n) is 2.97. The van der Waals surface area contributed by atoms with Crippen molar-refractivity contribution in [3.8, 4) is 0 Å². The maximum absolute atomic E-state index is 10.8. The van der Waals surface area contributed by atoms with Gasteiger partial charge >= 0.3 is 17.9 Å². The van der Waals surface area contributed by atoms with E-state index in [0.717, 1.165) is 6.08 Å². The summed E-state index contributed by atoms with van der Waals surface area (Å²) in [7, 11) is 0. The summed E-state index contributed by atoms with van der Waals surface area (Å²) in [5.41, 5.74) is 0. The monoisotopic (exact) mass is 270 g/mol. The van der Waals surface area contributed by atoms with Crippen molar-refractivity contribution in [1.82, 2.24) is 0 Å². The third kappa shape index (κ3) is 18.2. The number of hydrogen-bond donors (Lipinski definition) is 1. The molecule has 0 amide bonds. The fraction of sp³-hybridized carbons (Fsp3) is 0.308. The molecule has 0 spiro atoms. The van der Waals surface area contributed by atoms with Crippen LogP contribution in [0.4, 0.5) is 0 Å². The average molecular weight is 270 g/mol. The fourth-order valence-corrected chi connectivity index (χ4v) is 0.665. The molecule has 0 fully saturated rings. The molecule has 106 valence electrons. The molecule has 0 saturated carbocycles. The molecule has 6 nitrogen and oxygen atoms in total. The van der Waals surface area contributed by atoms with Gasteiger partial charge in [-0.2, -0.15) is 0 Å². The number of hydrogen-bond acceptors (Lipinski definition) is 5. The van der Waals surface area contributed by atoms with Crippen molar-refractivity contribution in [3.63, 3.8) is 0 Å². The van der Waals surface area contributed by atoms with E-state index in [-0.39, 0.29) is 38.0 Å². The molecule has 0 aromatic carbocycles. The lowest BCUT2D eigenvalue weighted by atomic mass is 10.4. The van der Waals surface area contributed by atoms with Crippen molar-refractivity contribution in [2.24, 2.45) is 0 Å². The predicted molar refractivity (Wildman–Crippen MR) is 69.4 cm³/mol. The highest BCUT2D eigenvalue weighted by Gasteiger charge is 2.01. The first-order valence-corrected chi connectivity index (χ1v) is 5.36. The van der Waals surface area contributed by atoms with Gasteiger partial charge in [-0.1, -0.05) is 18.7 Å². The molecular formula is C13H18O6. The van der Waals surface area contributed by atoms with Crippen molar-refractivity contribution in [3.05, 3.63) is 38.0 Å². The highest BCUT2D eigenvalue weighted by Crippen LogP contribution is 1.90. The molecule has 0 heterocycles. The number of carboxylic acids is 1. The molecular weight excluding hydrogens is 252 g/mol. The third-order valence-electron chi connectivity index (χ3n) is 1.41. The maximum atomic E-state index is 10.8. The topological polar surface area (TPSA) is 89.9 Å². The van der Waals surface area contributed by atoms with Gasteiger partial charge in [0.1, 0.15) is 13.2 Å². The molecule has 0 aromatic rings. The highest BCUT2D eigenvalue weighted by molar-refractivity contribution is 5.78. The number of aliphatic carboxylic acids is 1. The molecule has 0 aliphatic rings. The van der Waals surface area contributed by atoms with E-state index in [1.54, 1.807) is 0 Å². The van der Waals surface area contributed by atoms with Crippen molar-refractivity contribution in [2.45, 2.75) is 12.8 Å². The van der Waals surface area contributed by atoms with Gasteiger partial charge in [0.15, 0.2) is 0 Å². The molecule has 0 saturated heterocycles. The first-order chi connectivity index (χ1) is 8.97. The zero-order chi connectivity index (χ0) is 15.1. The summed E-state index contributed by atoms with van der Waals surface area (Å²) in [5, 5.41) is 7.60. The van der Waals surface area contributed by atoms with Crippen molar-refractivity contribution in [2.75, 3.05) is 13.2 Å². The van der Waals surface area contributed by atoms with E-state index in [2.05, 4.69) is 19.7 Å². The number of carbonyl (C=O) groups excluding carboxylic acids is 2. The van der Waals surface area contributed by atoms with Crippen LogP contribution in [-0.4, -0.2) is 36.2 Å². The summed E-state index contributed by atoms with van der Waals surface area (Å²) < 4.78 is 9.40. The molecule has 0 radical (unpaired) electrons. The molecule has 0 aliphatic heterocycles. The minimum absolute atomic E-state index is 0.0789. The second-order valence-corrected chi connectivity index (χ2v) is 2.97. The van der Waals surface area contributed by atoms with Crippen molar-refractivity contribution in [1.29, 1.82) is 0 Å². The van der Waals surface area contributed by atoms with E-state index in [9.17, 15) is 14.4 Å². The summed E-state index contributed by atoms with van der Waals surface area (Å²) >= 11 is 0. The quantitative estimate of drug-likeness (QED) is 0.311. The summed E-state index contributed by atoms with van der Waals surface area (Å²) in [4.78, 5) is 30.8. The molecule has 6 heteroatoms. The summed E-state index contributed by atoms with van der Waals surface area (Å²) in [6, 6.07) is 0. The van der Waals surface area contributed by atoms with E-state index in [4.69, 9.17) is 14.6 Å². The SMILES string of the molecule is C=CC(=O)O.C=CCC(=O)OCCOC(=O)CC=C. The fourth-order valence-electron chi connectivity index (χ4n) is 0.665. The predicted octanol–water partition coefficient (Wildman–Crippen LogP) is 1.48. The summed E-state index contributed by atoms with van der Waals surface area (Å²) in [5.74, 6) is -1.73. The lowest BCUT2D eigenvalue weighted by molar-refractivity contribution is -0.151. The Labute approximate surface area is 112 Å². The second kappa shape index (κ2) is 13.7. The molecule has 0 aromatic heterocycles. The molecule has 19 heavy (non-hydrogen) atoms. The minimum Gasteiger partial charge on any atom is -0.478 e. The highest BCUT2D eigenvalue weighted by atomic mass is 16.6. The zero-order valence-electron chi connectivity index (χ0n) is 10.7. The Balaban J connectivity index is 0. The van der Waals surface area contributed by atoms with E-state index >= 15 is 0 Å². The van der Waals surface area contributed by atoms with Gasteiger partial charge in [0.2, 0.25) is 0 Å². The van der Waals surface area contributed by atoms with Gasteiger partial charge in [-0.25, -0.2) is 4.79 Å². The van der Waals surface area contributed by atoms with Crippen LogP contribution in [0.2, 0.25) is 0 Å². The van der Waals surface area contributed by atoms with Gasteiger partial charge in [0.05, 0.1) is 12.8 Å². The summed E-state index contributed by atoms with van der Waals surface area (Å²) in [6.07, 6.45) is 4.07. The Bertz CT molecular complexity index is 308. The first kappa shape index (κ1) is 19.0. The van der Waals surface area contributed by atoms with Gasteiger partial charge in [0.25, 0.3) is 0 Å². The summed E-state index contributed by atoms with van der Waals surface area (Å²) in [6.45, 7) is 9.89. The van der Waals surface area contributed by atoms with Gasteiger partial charge in [-0.05, 0) is 0 Å². The standard InChI is InChI=1S/C10H14O4.C3H4O2/c1-3-5-9(11)13-7-8-14-10(12)6-4-2;1-2-3(4)5/h3-4H,1-2,5-8H2;2H,1H2,(H,4,5). The van der Waals surface area contributed by atoms with E-state index < -0.39 is 5.97 Å². The first-order valence-electron chi connectivity index (χ1n) is 5.36. The van der Waals surface area contributed by atoms with Crippen LogP contribution in [-0.2, 0) is 23.9 Å². The van der Waals surface area contributed by atoms with Crippen LogP contribution in [0.1, 0.15) is 12.8 Å². The Hall–Kier alpha value is -2.37. The third-order valence-corrected chi connectivity index (χ3v) is 1.41. The van der Waals surface area contributed by atoms with Gasteiger partial charge < -0.3 is 14.6 Å². The molecule has 0 bridgehead atoms. The molecule has 0 atom stereocenters. The van der Waals surface area contributed by atoms with Crippen molar-refractivity contribution < 1.29 is 29.0 Å². The van der Waals surface area contributed by atoms with E-state index in [1.807, 2.05) is 0 Å². The van der Waals surface area contributed by atoms with Gasteiger partial charge in [-0.15, -0.1) is 13.2 Å². The van der Waals surface area contributed by atoms with Gasteiger partial charge in [-0.3, -0.25) is 9.59 Å². The Kier molecular flexibility index (Phi) is 13.7. The Morgan fingerprint density at radius 3 is 1.42 bits per heavy atom. The lowest BCUT2D eigenvalue weighted by Gasteiger charge is -2.03. The van der Waals surface area contributed by atoms with Gasteiger partial charge in [0, 0.05) is 6.08 Å². The smallest absolute Gasteiger partial charge is 0.327 e. The minimum atomic E-state index is -0.981. The molecule has 1 N–H and O–H groups in total. The van der Waals surface area contributed by atoms with Crippen LogP contribution in [0.5, 0.6) is 0 Å². The van der Waals surface area contributed by atoms with Crippen LogP contribution >= 0.6 is 0 Å². The molecule has 0 rings (SSSR count). The van der Waals surface area contributed by atoms with Crippen LogP contribution < -0.4 is 0 Å². The van der Waals surface area contributed by atoms with Crippen LogP contribution in [0, 0.1) is 0 Å². The Morgan fingerprint density at radius 2 is 1.21 bits per heavy atom. The number of carboxylic acid groups (broad SMARTS) is 1. The number of esters is 2. The average Bonchev–Trinajstić information content (AvgIpc) is 2.36. The zero-order valence-corrected chi connectivity index (χ0v) is 10.7. The maximum Gasteiger partial charge on any atom is 0.327 e. The molecule has 0 unspecified atom stereocenters. The number of ether oxygens (including phenoxy) is 2. The number of carbonyl (C=O) groups is 3. The molecule has 0 aliphatic carbocycles. The van der Waals surface area contributed by atoms with Crippen LogP contribution in [0.25, 0.3) is 0 Å². The van der Waals surface area contributed by atoms with E-state index in [0.29, 0.717) is 0 Å². The largest absolute Gasteiger partial charge is 0.478 e.